The Labute approximate surface area is 303 Å². The molecule has 9 rings (SSSR count). The first-order valence-electron chi connectivity index (χ1n) is 17.6. The van der Waals surface area contributed by atoms with Crippen molar-refractivity contribution < 1.29 is 0 Å². The van der Waals surface area contributed by atoms with Crippen LogP contribution in [0, 0.1) is 29.6 Å². The summed E-state index contributed by atoms with van der Waals surface area (Å²) in [7, 11) is 0. The molecule has 3 nitrogen and oxygen atoms in total. The molecule has 0 fully saturated rings. The molecule has 8 aromatic carbocycles. The monoisotopic (exact) mass is 663 g/mol. The van der Waals surface area contributed by atoms with Crippen LogP contribution in [-0.4, -0.2) is 0 Å². The zero-order chi connectivity index (χ0) is 35.3. The van der Waals surface area contributed by atoms with Gasteiger partial charge >= 0.3 is 0 Å². The lowest BCUT2D eigenvalue weighted by atomic mass is 9.84. The van der Waals surface area contributed by atoms with E-state index in [0.717, 1.165) is 39.2 Å². The van der Waals surface area contributed by atoms with Crippen molar-refractivity contribution in [3.8, 4) is 56.6 Å². The normalized spacial score (nSPS) is 13.3. The van der Waals surface area contributed by atoms with Crippen LogP contribution in [0.1, 0.15) is 35.2 Å². The first kappa shape index (κ1) is 31.1. The number of fused-ring (bicyclic) bond motifs is 5. The molecule has 244 valence electrons. The van der Waals surface area contributed by atoms with Gasteiger partial charge in [-0.15, -0.1) is 0 Å². The van der Waals surface area contributed by atoms with Crippen molar-refractivity contribution in [2.75, 3.05) is 4.90 Å². The number of para-hydroxylation sites is 1. The van der Waals surface area contributed by atoms with Crippen LogP contribution in [0.25, 0.3) is 66.1 Å². The van der Waals surface area contributed by atoms with E-state index in [4.69, 9.17) is 0 Å². The summed E-state index contributed by atoms with van der Waals surface area (Å²) in [4.78, 5) is 2.38. The van der Waals surface area contributed by atoms with Gasteiger partial charge in [-0.2, -0.15) is 10.5 Å². The van der Waals surface area contributed by atoms with E-state index in [1.807, 2.05) is 24.3 Å². The highest BCUT2D eigenvalue weighted by atomic mass is 15.2. The molecule has 0 saturated carbocycles. The van der Waals surface area contributed by atoms with Crippen molar-refractivity contribution in [1.82, 2.24) is 0 Å². The molecule has 0 radical (unpaired) electrons. The van der Waals surface area contributed by atoms with Crippen molar-refractivity contribution in [2.24, 2.45) is 0 Å². The summed E-state index contributed by atoms with van der Waals surface area (Å²) in [6, 6.07) is 60.2. The molecule has 3 heteroatoms. The Morgan fingerprint density at radius 3 is 1.54 bits per heavy atom. The Kier molecular flexibility index (Phi) is 7.43. The lowest BCUT2D eigenvalue weighted by Crippen LogP contribution is -2.26. The number of aryl methyl sites for hydroxylation is 1. The second-order valence-electron chi connectivity index (χ2n) is 13.6. The molecule has 1 aliphatic heterocycles. The lowest BCUT2D eigenvalue weighted by molar-refractivity contribution is 0.764. The SMILES string of the molecule is Cc1ccccc1N1c2cc(C#N)ccc2-c2cc(-c3ccc(-c4c5ccccc5c(-c5ccc(C#N)cc5)c5ccccc45)cc3)ccc2C1C. The fourth-order valence-corrected chi connectivity index (χ4v) is 8.17. The summed E-state index contributed by atoms with van der Waals surface area (Å²) >= 11 is 0. The van der Waals surface area contributed by atoms with Gasteiger partial charge in [0.1, 0.15) is 0 Å². The second-order valence-corrected chi connectivity index (χ2v) is 13.6. The maximum Gasteiger partial charge on any atom is 0.0992 e. The molecule has 1 unspecified atom stereocenters. The maximum absolute atomic E-state index is 9.83. The van der Waals surface area contributed by atoms with Crippen molar-refractivity contribution in [2.45, 2.75) is 19.9 Å². The van der Waals surface area contributed by atoms with Gasteiger partial charge in [0, 0.05) is 11.3 Å². The van der Waals surface area contributed by atoms with E-state index in [1.54, 1.807) is 0 Å². The third-order valence-electron chi connectivity index (χ3n) is 10.7. The summed E-state index contributed by atoms with van der Waals surface area (Å²) in [5, 5.41) is 24.0. The molecule has 1 atom stereocenters. The number of nitrogens with zero attached hydrogens (tertiary/aromatic N) is 3. The third-order valence-corrected chi connectivity index (χ3v) is 10.7. The minimum absolute atomic E-state index is 0.0859. The van der Waals surface area contributed by atoms with Gasteiger partial charge in [0.05, 0.1) is 35.0 Å². The Morgan fingerprint density at radius 1 is 0.462 bits per heavy atom. The van der Waals surface area contributed by atoms with Crippen LogP contribution in [0.5, 0.6) is 0 Å². The molecule has 0 amide bonds. The smallest absolute Gasteiger partial charge is 0.0992 e. The highest BCUT2D eigenvalue weighted by Crippen LogP contribution is 2.50. The summed E-state index contributed by atoms with van der Waals surface area (Å²) in [5.74, 6) is 0. The maximum atomic E-state index is 9.83. The van der Waals surface area contributed by atoms with Crippen molar-refractivity contribution in [3.05, 3.63) is 180 Å². The first-order chi connectivity index (χ1) is 25.5. The molecule has 0 aliphatic carbocycles. The molecular weight excluding hydrogens is 631 g/mol. The largest absolute Gasteiger partial charge is 0.333 e. The highest BCUT2D eigenvalue weighted by molar-refractivity contribution is 6.21. The number of rotatable bonds is 4. The fraction of sp³-hybridized carbons (Fsp3) is 0.0612. The molecule has 0 saturated heterocycles. The molecular formula is C49H33N3. The molecule has 0 N–H and O–H groups in total. The average Bonchev–Trinajstić information content (AvgIpc) is 3.20. The lowest BCUT2D eigenvalue weighted by Gasteiger charge is -2.39. The topological polar surface area (TPSA) is 50.8 Å². The zero-order valence-electron chi connectivity index (χ0n) is 28.9. The minimum atomic E-state index is 0.0859. The minimum Gasteiger partial charge on any atom is -0.333 e. The van der Waals surface area contributed by atoms with Crippen LogP contribution in [0.15, 0.2) is 158 Å². The summed E-state index contributed by atoms with van der Waals surface area (Å²) in [5.41, 5.74) is 15.3. The summed E-state index contributed by atoms with van der Waals surface area (Å²) in [6.45, 7) is 4.40. The van der Waals surface area contributed by atoms with E-state index in [0.29, 0.717) is 11.1 Å². The van der Waals surface area contributed by atoms with E-state index in [9.17, 15) is 10.5 Å². The Morgan fingerprint density at radius 2 is 0.962 bits per heavy atom. The molecule has 0 aromatic heterocycles. The summed E-state index contributed by atoms with van der Waals surface area (Å²) < 4.78 is 0. The number of benzene rings is 8. The van der Waals surface area contributed by atoms with E-state index in [-0.39, 0.29) is 6.04 Å². The van der Waals surface area contributed by atoms with Crippen LogP contribution in [-0.2, 0) is 0 Å². The molecule has 52 heavy (non-hydrogen) atoms. The van der Waals surface area contributed by atoms with Crippen molar-refractivity contribution in [3.63, 3.8) is 0 Å². The van der Waals surface area contributed by atoms with Gasteiger partial charge in [-0.1, -0.05) is 121 Å². The highest BCUT2D eigenvalue weighted by Gasteiger charge is 2.30. The number of hydrogen-bond donors (Lipinski definition) is 0. The van der Waals surface area contributed by atoms with Crippen LogP contribution in [0.2, 0.25) is 0 Å². The van der Waals surface area contributed by atoms with Gasteiger partial charge < -0.3 is 4.90 Å². The molecule has 1 heterocycles. The Balaban J connectivity index is 1.15. The van der Waals surface area contributed by atoms with Crippen LogP contribution >= 0.6 is 0 Å². The zero-order valence-corrected chi connectivity index (χ0v) is 28.9. The van der Waals surface area contributed by atoms with Crippen LogP contribution in [0.3, 0.4) is 0 Å². The predicted octanol–water partition coefficient (Wildman–Crippen LogP) is 12.9. The van der Waals surface area contributed by atoms with Gasteiger partial charge in [-0.05, 0) is 122 Å². The van der Waals surface area contributed by atoms with E-state index in [1.165, 1.54) is 49.4 Å². The van der Waals surface area contributed by atoms with Gasteiger partial charge in [0.25, 0.3) is 0 Å². The summed E-state index contributed by atoms with van der Waals surface area (Å²) in [6.07, 6.45) is 0. The van der Waals surface area contributed by atoms with E-state index < -0.39 is 0 Å². The van der Waals surface area contributed by atoms with Crippen molar-refractivity contribution in [1.29, 1.82) is 10.5 Å². The molecule has 1 aliphatic rings. The Bertz CT molecular complexity index is 2720. The predicted molar refractivity (Wildman–Crippen MR) is 214 cm³/mol. The van der Waals surface area contributed by atoms with Gasteiger partial charge in [0.15, 0.2) is 0 Å². The number of hydrogen-bond acceptors (Lipinski definition) is 3. The van der Waals surface area contributed by atoms with Gasteiger partial charge in [-0.3, -0.25) is 0 Å². The van der Waals surface area contributed by atoms with Gasteiger partial charge in [-0.25, -0.2) is 0 Å². The number of anilines is 2. The van der Waals surface area contributed by atoms with E-state index >= 15 is 0 Å². The second kappa shape index (κ2) is 12.4. The quantitative estimate of drug-likeness (QED) is 0.176. The van der Waals surface area contributed by atoms with Gasteiger partial charge in [0.2, 0.25) is 0 Å². The van der Waals surface area contributed by atoms with E-state index in [2.05, 4.69) is 164 Å². The molecule has 0 bridgehead atoms. The fourth-order valence-electron chi connectivity index (χ4n) is 8.17. The Hall–Kier alpha value is -6.94. The number of nitriles is 2. The molecule has 0 spiro atoms. The first-order valence-corrected chi connectivity index (χ1v) is 17.6. The van der Waals surface area contributed by atoms with Crippen molar-refractivity contribution >= 4 is 32.9 Å². The van der Waals surface area contributed by atoms with Crippen LogP contribution in [0.4, 0.5) is 11.4 Å². The molecule has 8 aromatic rings. The average molecular weight is 664 g/mol. The van der Waals surface area contributed by atoms with Crippen LogP contribution < -0.4 is 4.90 Å². The standard InChI is InChI=1S/C49H33N3/c1-31-9-3-8-14-46(31)52-32(2)39-26-24-38(28-45(39)40-25-17-34(30-51)27-47(40)52)35-20-22-37(23-21-35)49-43-12-6-4-10-41(43)48(42-11-5-7-13-44(42)49)36-18-15-33(29-50)16-19-36/h3-28,32H,1-2H3. The third kappa shape index (κ3) is 4.95.